The molecule has 0 aromatic carbocycles. The van der Waals surface area contributed by atoms with Gasteiger partial charge in [-0.25, -0.2) is 0 Å². The fourth-order valence-corrected chi connectivity index (χ4v) is 2.91. The molecule has 0 atom stereocenters. The Bertz CT molecular complexity index is 294. The molecule has 1 amide bonds. The van der Waals surface area contributed by atoms with Gasteiger partial charge in [0.1, 0.15) is 0 Å². The van der Waals surface area contributed by atoms with Gasteiger partial charge in [0, 0.05) is 19.6 Å². The molecule has 0 saturated heterocycles. The number of nitrogens with two attached hydrogens (primary N) is 1. The molecule has 0 bridgehead atoms. The van der Waals surface area contributed by atoms with Crippen molar-refractivity contribution in [1.82, 2.24) is 14.7 Å². The molecule has 21 heavy (non-hydrogen) atoms. The Kier molecular flexibility index (Phi) is 7.63. The number of carbonyl (C=O) groups is 1. The molecule has 124 valence electrons. The van der Waals surface area contributed by atoms with Crippen LogP contribution in [0.15, 0.2) is 0 Å². The highest BCUT2D eigenvalue weighted by Crippen LogP contribution is 2.41. The minimum absolute atomic E-state index is 0.240. The molecule has 2 N–H and O–H groups in total. The van der Waals surface area contributed by atoms with Crippen LogP contribution in [0.2, 0.25) is 0 Å². The maximum atomic E-state index is 12.8. The van der Waals surface area contributed by atoms with Crippen LogP contribution in [0.3, 0.4) is 0 Å². The van der Waals surface area contributed by atoms with Gasteiger partial charge in [-0.1, -0.05) is 6.42 Å². The normalized spacial score (nSPS) is 17.1. The highest BCUT2D eigenvalue weighted by atomic mass is 16.2. The standard InChI is InChI=1S/C16H34N4O/c1-18(2)10-6-12-20(13-7-11-19(3)4)15(21)16(14-17)8-5-9-16/h5-14,17H2,1-4H3. The highest BCUT2D eigenvalue weighted by molar-refractivity contribution is 5.84. The van der Waals surface area contributed by atoms with Crippen molar-refractivity contribution >= 4 is 5.91 Å². The summed E-state index contributed by atoms with van der Waals surface area (Å²) >= 11 is 0. The predicted octanol–water partition coefficient (Wildman–Crippen LogP) is 0.847. The molecule has 0 aromatic rings. The van der Waals surface area contributed by atoms with Crippen LogP contribution in [0, 0.1) is 5.41 Å². The van der Waals surface area contributed by atoms with Crippen LogP contribution in [0.25, 0.3) is 0 Å². The third-order valence-electron chi connectivity index (χ3n) is 4.51. The SMILES string of the molecule is CN(C)CCCN(CCCN(C)C)C(=O)C1(CN)CCC1. The van der Waals surface area contributed by atoms with Gasteiger partial charge in [0.2, 0.25) is 5.91 Å². The van der Waals surface area contributed by atoms with Crippen molar-refractivity contribution < 1.29 is 4.79 Å². The van der Waals surface area contributed by atoms with E-state index >= 15 is 0 Å². The first-order valence-electron chi connectivity index (χ1n) is 8.20. The van der Waals surface area contributed by atoms with Crippen molar-refractivity contribution in [1.29, 1.82) is 0 Å². The lowest BCUT2D eigenvalue weighted by Gasteiger charge is -2.43. The van der Waals surface area contributed by atoms with Gasteiger partial charge in [0.25, 0.3) is 0 Å². The molecule has 0 unspecified atom stereocenters. The van der Waals surface area contributed by atoms with Crippen LogP contribution in [0.5, 0.6) is 0 Å². The third-order valence-corrected chi connectivity index (χ3v) is 4.51. The van der Waals surface area contributed by atoms with Gasteiger partial charge in [-0.05, 0) is 67.0 Å². The Balaban J connectivity index is 2.54. The number of carbonyl (C=O) groups excluding carboxylic acids is 1. The van der Waals surface area contributed by atoms with Crippen molar-refractivity contribution in [3.05, 3.63) is 0 Å². The molecule has 0 aromatic heterocycles. The second kappa shape index (κ2) is 8.71. The van der Waals surface area contributed by atoms with Gasteiger partial charge >= 0.3 is 0 Å². The number of hydrogen-bond donors (Lipinski definition) is 1. The second-order valence-electron chi connectivity index (χ2n) is 6.94. The predicted molar refractivity (Wildman–Crippen MR) is 88.3 cm³/mol. The molecule has 1 saturated carbocycles. The molecule has 0 radical (unpaired) electrons. The Morgan fingerprint density at radius 1 is 0.952 bits per heavy atom. The summed E-state index contributed by atoms with van der Waals surface area (Å²) in [7, 11) is 8.30. The number of amides is 1. The van der Waals surface area contributed by atoms with E-state index < -0.39 is 0 Å². The third kappa shape index (κ3) is 5.57. The van der Waals surface area contributed by atoms with E-state index in [4.69, 9.17) is 5.73 Å². The van der Waals surface area contributed by atoms with Crippen molar-refractivity contribution in [2.75, 3.05) is 60.9 Å². The van der Waals surface area contributed by atoms with E-state index in [2.05, 4.69) is 42.9 Å². The van der Waals surface area contributed by atoms with Gasteiger partial charge in [-0.2, -0.15) is 0 Å². The summed E-state index contributed by atoms with van der Waals surface area (Å²) in [6.45, 7) is 4.25. The number of rotatable bonds is 10. The van der Waals surface area contributed by atoms with Gasteiger partial charge in [0.15, 0.2) is 0 Å². The van der Waals surface area contributed by atoms with E-state index in [-0.39, 0.29) is 5.41 Å². The maximum absolute atomic E-state index is 12.8. The summed E-state index contributed by atoms with van der Waals surface area (Å²) in [5.74, 6) is 0.300. The zero-order valence-corrected chi connectivity index (χ0v) is 14.4. The summed E-state index contributed by atoms with van der Waals surface area (Å²) in [5.41, 5.74) is 5.66. The zero-order valence-electron chi connectivity index (χ0n) is 14.4. The van der Waals surface area contributed by atoms with Gasteiger partial charge in [-0.15, -0.1) is 0 Å². The van der Waals surface area contributed by atoms with Crippen LogP contribution in [-0.4, -0.2) is 81.5 Å². The Labute approximate surface area is 130 Å². The molecule has 1 aliphatic rings. The first kappa shape index (κ1) is 18.4. The summed E-state index contributed by atoms with van der Waals surface area (Å²) in [6.07, 6.45) is 5.15. The minimum atomic E-state index is -0.240. The van der Waals surface area contributed by atoms with Crippen LogP contribution in [0.4, 0.5) is 0 Å². The fourth-order valence-electron chi connectivity index (χ4n) is 2.91. The zero-order chi connectivity index (χ0) is 15.9. The monoisotopic (exact) mass is 298 g/mol. The lowest BCUT2D eigenvalue weighted by molar-refractivity contribution is -0.146. The largest absolute Gasteiger partial charge is 0.342 e. The molecule has 5 heteroatoms. The number of hydrogen-bond acceptors (Lipinski definition) is 4. The Morgan fingerprint density at radius 3 is 1.71 bits per heavy atom. The van der Waals surface area contributed by atoms with E-state index in [1.54, 1.807) is 0 Å². The van der Waals surface area contributed by atoms with E-state index in [1.807, 2.05) is 0 Å². The quantitative estimate of drug-likeness (QED) is 0.649. The van der Waals surface area contributed by atoms with Gasteiger partial charge < -0.3 is 20.4 Å². The van der Waals surface area contributed by atoms with Gasteiger partial charge in [-0.3, -0.25) is 4.79 Å². The summed E-state index contributed by atoms with van der Waals surface area (Å²) in [4.78, 5) is 19.3. The second-order valence-corrected chi connectivity index (χ2v) is 6.94. The molecule has 0 aliphatic heterocycles. The smallest absolute Gasteiger partial charge is 0.230 e. The van der Waals surface area contributed by atoms with E-state index in [1.165, 1.54) is 0 Å². The van der Waals surface area contributed by atoms with E-state index in [0.717, 1.165) is 58.3 Å². The number of nitrogens with zero attached hydrogens (tertiary/aromatic N) is 3. The molecule has 1 fully saturated rings. The van der Waals surface area contributed by atoms with Crippen LogP contribution >= 0.6 is 0 Å². The molecular formula is C16H34N4O. The van der Waals surface area contributed by atoms with Crippen molar-refractivity contribution in [2.45, 2.75) is 32.1 Å². The Hall–Kier alpha value is -0.650. The van der Waals surface area contributed by atoms with Crippen molar-refractivity contribution in [3.8, 4) is 0 Å². The maximum Gasteiger partial charge on any atom is 0.230 e. The van der Waals surface area contributed by atoms with Crippen molar-refractivity contribution in [3.63, 3.8) is 0 Å². The van der Waals surface area contributed by atoms with Crippen LogP contribution in [-0.2, 0) is 4.79 Å². The van der Waals surface area contributed by atoms with Crippen LogP contribution < -0.4 is 5.73 Å². The van der Waals surface area contributed by atoms with Crippen molar-refractivity contribution in [2.24, 2.45) is 11.1 Å². The first-order chi connectivity index (χ1) is 9.91. The van der Waals surface area contributed by atoms with E-state index in [0.29, 0.717) is 12.5 Å². The summed E-state index contributed by atoms with van der Waals surface area (Å²) in [5, 5.41) is 0. The molecule has 5 nitrogen and oxygen atoms in total. The average Bonchev–Trinajstić information content (AvgIpc) is 2.35. The lowest BCUT2D eigenvalue weighted by Crippen LogP contribution is -2.52. The van der Waals surface area contributed by atoms with E-state index in [9.17, 15) is 4.79 Å². The Morgan fingerprint density at radius 2 is 1.43 bits per heavy atom. The molecule has 0 spiro atoms. The molecule has 0 heterocycles. The van der Waals surface area contributed by atoms with Crippen LogP contribution in [0.1, 0.15) is 32.1 Å². The van der Waals surface area contributed by atoms with Gasteiger partial charge in [0.05, 0.1) is 5.41 Å². The molecule has 1 rings (SSSR count). The molecule has 1 aliphatic carbocycles. The molecular weight excluding hydrogens is 264 g/mol. The summed E-state index contributed by atoms with van der Waals surface area (Å²) < 4.78 is 0. The topological polar surface area (TPSA) is 52.8 Å². The fraction of sp³-hybridized carbons (Fsp3) is 0.938. The lowest BCUT2D eigenvalue weighted by atomic mass is 9.67. The minimum Gasteiger partial charge on any atom is -0.342 e. The highest BCUT2D eigenvalue weighted by Gasteiger charge is 2.44. The summed E-state index contributed by atoms with van der Waals surface area (Å²) in [6, 6.07) is 0. The first-order valence-corrected chi connectivity index (χ1v) is 8.20. The average molecular weight is 298 g/mol.